The number of carboxylic acids is 2. The van der Waals surface area contributed by atoms with Gasteiger partial charge in [-0.3, -0.25) is 4.79 Å². The molecule has 0 fully saturated rings. The van der Waals surface area contributed by atoms with Crippen LogP contribution in [0.2, 0.25) is 0 Å². The fourth-order valence-corrected chi connectivity index (χ4v) is 6.38. The lowest BCUT2D eigenvalue weighted by Gasteiger charge is -2.21. The molecule has 0 radical (unpaired) electrons. The zero-order chi connectivity index (χ0) is 32.1. The molecule has 46 heavy (non-hydrogen) atoms. The zero-order valence-electron chi connectivity index (χ0n) is 26.4. The molecule has 4 aromatic rings. The fourth-order valence-electron chi connectivity index (χ4n) is 6.38. The van der Waals surface area contributed by atoms with E-state index in [-0.39, 0.29) is 17.9 Å². The van der Waals surface area contributed by atoms with Crippen LogP contribution < -0.4 is 9.47 Å². The van der Waals surface area contributed by atoms with Gasteiger partial charge in [0.15, 0.2) is 0 Å². The highest BCUT2D eigenvalue weighted by atomic mass is 16.5. The van der Waals surface area contributed by atoms with Crippen molar-refractivity contribution in [3.05, 3.63) is 130 Å². The average Bonchev–Trinajstić information content (AvgIpc) is 3.48. The summed E-state index contributed by atoms with van der Waals surface area (Å²) in [5, 5.41) is 18.4. The second-order valence-corrected chi connectivity index (χ2v) is 12.4. The molecule has 6 nitrogen and oxygen atoms in total. The Morgan fingerprint density at radius 3 is 2.24 bits per heavy atom. The van der Waals surface area contributed by atoms with E-state index >= 15 is 0 Å². The van der Waals surface area contributed by atoms with Crippen molar-refractivity contribution in [2.45, 2.75) is 76.7 Å². The minimum atomic E-state index is -0.953. The van der Waals surface area contributed by atoms with E-state index in [9.17, 15) is 14.7 Å². The molecule has 1 aliphatic heterocycles. The first-order chi connectivity index (χ1) is 22.4. The normalized spacial score (nSPS) is 14.3. The van der Waals surface area contributed by atoms with Crippen LogP contribution in [0.3, 0.4) is 0 Å². The molecule has 1 aliphatic rings. The van der Waals surface area contributed by atoms with Gasteiger partial charge in [-0.1, -0.05) is 98.1 Å². The third-order valence-electron chi connectivity index (χ3n) is 9.02. The zero-order valence-corrected chi connectivity index (χ0v) is 26.4. The van der Waals surface area contributed by atoms with E-state index < -0.39 is 11.9 Å². The number of aromatic carboxylic acids is 1. The molecule has 6 heteroatoms. The number of fused-ring (bicyclic) bond motifs is 1. The molecule has 2 N–H and O–H groups in total. The van der Waals surface area contributed by atoms with Gasteiger partial charge in [-0.05, 0) is 84.9 Å². The Labute approximate surface area is 272 Å². The SMILES string of the molecule is O=C(O)CCCCC[C@@H](CCc1ccccc1OCc1ccc(CCc2ccccc2)cc1)CC1COc2cc(C(=O)O)ccc21. The number of benzene rings is 4. The molecule has 0 spiro atoms. The lowest BCUT2D eigenvalue weighted by molar-refractivity contribution is -0.137. The summed E-state index contributed by atoms with van der Waals surface area (Å²) < 4.78 is 12.3. The van der Waals surface area contributed by atoms with E-state index in [1.165, 1.54) is 16.7 Å². The standard InChI is InChI=1S/C40H44O6/c41-39(42)14-6-2-5-11-31(25-35-28-46-38-26-34(40(43)44)23-24-36(35)38)21-22-33-12-7-8-13-37(33)45-27-32-19-17-30(18-20-32)16-15-29-9-3-1-4-10-29/h1,3-4,7-10,12-13,17-20,23-24,26,31,35H,2,5-6,11,14-16,21-22,25,27-28H2,(H,41,42)(H,43,44)/t31-,35?/m0/s1. The Morgan fingerprint density at radius 1 is 0.761 bits per heavy atom. The van der Waals surface area contributed by atoms with Crippen LogP contribution in [0.1, 0.15) is 89.0 Å². The van der Waals surface area contributed by atoms with Gasteiger partial charge in [0, 0.05) is 17.9 Å². The number of unbranched alkanes of at least 4 members (excludes halogenated alkanes) is 2. The van der Waals surface area contributed by atoms with Crippen molar-refractivity contribution in [1.29, 1.82) is 0 Å². The molecular weight excluding hydrogens is 576 g/mol. The topological polar surface area (TPSA) is 93.1 Å². The maximum atomic E-state index is 11.4. The first kappa shape index (κ1) is 32.8. The average molecular weight is 621 g/mol. The molecule has 240 valence electrons. The summed E-state index contributed by atoms with van der Waals surface area (Å²) in [7, 11) is 0. The van der Waals surface area contributed by atoms with Crippen molar-refractivity contribution in [1.82, 2.24) is 0 Å². The lowest BCUT2D eigenvalue weighted by Crippen LogP contribution is -2.11. The predicted molar refractivity (Wildman–Crippen MR) is 180 cm³/mol. The Hall–Kier alpha value is -4.58. The van der Waals surface area contributed by atoms with Crippen LogP contribution in [0.15, 0.2) is 97.1 Å². The van der Waals surface area contributed by atoms with Gasteiger partial charge in [-0.25, -0.2) is 4.79 Å². The Balaban J connectivity index is 1.17. The van der Waals surface area contributed by atoms with Crippen LogP contribution in [0, 0.1) is 5.92 Å². The maximum absolute atomic E-state index is 11.4. The van der Waals surface area contributed by atoms with Gasteiger partial charge in [0.05, 0.1) is 12.2 Å². The highest BCUT2D eigenvalue weighted by Crippen LogP contribution is 2.40. The molecule has 2 atom stereocenters. The summed E-state index contributed by atoms with van der Waals surface area (Å²) in [6.45, 7) is 1.07. The second-order valence-electron chi connectivity index (χ2n) is 12.4. The molecule has 0 bridgehead atoms. The minimum absolute atomic E-state index is 0.210. The molecule has 5 rings (SSSR count). The number of hydrogen-bond donors (Lipinski definition) is 2. The predicted octanol–water partition coefficient (Wildman–Crippen LogP) is 8.90. The number of para-hydroxylation sites is 1. The smallest absolute Gasteiger partial charge is 0.335 e. The van der Waals surface area contributed by atoms with Crippen molar-refractivity contribution in [3.8, 4) is 11.5 Å². The maximum Gasteiger partial charge on any atom is 0.335 e. The number of aryl methyl sites for hydroxylation is 3. The highest BCUT2D eigenvalue weighted by Gasteiger charge is 2.28. The Bertz CT molecular complexity index is 1560. The summed E-state index contributed by atoms with van der Waals surface area (Å²) >= 11 is 0. The molecule has 0 saturated heterocycles. The summed E-state index contributed by atoms with van der Waals surface area (Å²) in [5.74, 6) is 0.516. The van der Waals surface area contributed by atoms with Crippen LogP contribution in [0.25, 0.3) is 0 Å². The summed E-state index contributed by atoms with van der Waals surface area (Å²) in [6, 6.07) is 32.7. The number of rotatable bonds is 18. The molecule has 0 amide bonds. The molecule has 0 aromatic heterocycles. The van der Waals surface area contributed by atoms with E-state index in [0.29, 0.717) is 31.3 Å². The molecule has 1 unspecified atom stereocenters. The van der Waals surface area contributed by atoms with Gasteiger partial charge in [0.2, 0.25) is 0 Å². The molecule has 0 aliphatic carbocycles. The molecule has 4 aromatic carbocycles. The van der Waals surface area contributed by atoms with E-state index in [2.05, 4.69) is 60.7 Å². The van der Waals surface area contributed by atoms with Crippen molar-refractivity contribution in [2.24, 2.45) is 5.92 Å². The second kappa shape index (κ2) is 16.6. The Morgan fingerprint density at radius 2 is 1.48 bits per heavy atom. The van der Waals surface area contributed by atoms with Gasteiger partial charge < -0.3 is 19.7 Å². The first-order valence-corrected chi connectivity index (χ1v) is 16.5. The van der Waals surface area contributed by atoms with Crippen molar-refractivity contribution >= 4 is 11.9 Å². The van der Waals surface area contributed by atoms with E-state index in [1.807, 2.05) is 24.3 Å². The quantitative estimate of drug-likeness (QED) is 0.108. The number of aliphatic carboxylic acids is 1. The van der Waals surface area contributed by atoms with E-state index in [1.54, 1.807) is 12.1 Å². The minimum Gasteiger partial charge on any atom is -0.493 e. The van der Waals surface area contributed by atoms with Gasteiger partial charge in [0.1, 0.15) is 18.1 Å². The number of carboxylic acid groups (broad SMARTS) is 2. The van der Waals surface area contributed by atoms with E-state index in [0.717, 1.165) is 68.2 Å². The summed E-state index contributed by atoms with van der Waals surface area (Å²) in [4.78, 5) is 22.4. The number of hydrogen-bond acceptors (Lipinski definition) is 4. The van der Waals surface area contributed by atoms with Crippen molar-refractivity contribution in [3.63, 3.8) is 0 Å². The Kier molecular flexibility index (Phi) is 11.9. The van der Waals surface area contributed by atoms with Crippen LogP contribution >= 0.6 is 0 Å². The van der Waals surface area contributed by atoms with Crippen molar-refractivity contribution < 1.29 is 29.3 Å². The molecular formula is C40H44O6. The lowest BCUT2D eigenvalue weighted by atomic mass is 9.83. The van der Waals surface area contributed by atoms with Crippen LogP contribution in [-0.2, 0) is 30.7 Å². The molecule has 0 saturated carbocycles. The fraction of sp³-hybridized carbons (Fsp3) is 0.350. The monoisotopic (exact) mass is 620 g/mol. The van der Waals surface area contributed by atoms with Crippen LogP contribution in [-0.4, -0.2) is 28.8 Å². The van der Waals surface area contributed by atoms with Crippen LogP contribution in [0.4, 0.5) is 0 Å². The van der Waals surface area contributed by atoms with Gasteiger partial charge in [-0.2, -0.15) is 0 Å². The first-order valence-electron chi connectivity index (χ1n) is 16.5. The van der Waals surface area contributed by atoms with Gasteiger partial charge in [-0.15, -0.1) is 0 Å². The van der Waals surface area contributed by atoms with E-state index in [4.69, 9.17) is 14.6 Å². The molecule has 1 heterocycles. The third-order valence-corrected chi connectivity index (χ3v) is 9.02. The largest absolute Gasteiger partial charge is 0.493 e. The highest BCUT2D eigenvalue weighted by molar-refractivity contribution is 5.88. The summed E-state index contributed by atoms with van der Waals surface area (Å²) in [6.07, 6.45) is 8.64. The van der Waals surface area contributed by atoms with Crippen molar-refractivity contribution in [2.75, 3.05) is 6.61 Å². The van der Waals surface area contributed by atoms with Gasteiger partial charge in [0.25, 0.3) is 0 Å². The van der Waals surface area contributed by atoms with Gasteiger partial charge >= 0.3 is 11.9 Å². The number of carbonyl (C=O) groups is 2. The number of ether oxygens (including phenoxy) is 2. The third kappa shape index (κ3) is 9.71. The van der Waals surface area contributed by atoms with Crippen LogP contribution in [0.5, 0.6) is 11.5 Å². The summed E-state index contributed by atoms with van der Waals surface area (Å²) in [5.41, 5.74) is 6.32.